The van der Waals surface area contributed by atoms with Gasteiger partial charge in [0.1, 0.15) is 6.23 Å². The molecule has 0 aliphatic heterocycles. The maximum atomic E-state index is 11.0. The van der Waals surface area contributed by atoms with Crippen LogP contribution in [-0.2, 0) is 4.79 Å². The van der Waals surface area contributed by atoms with Gasteiger partial charge in [-0.25, -0.2) is 23.7 Å². The van der Waals surface area contributed by atoms with Crippen molar-refractivity contribution in [2.24, 2.45) is 0 Å². The molecule has 1 aromatic heterocycles. The maximum absolute atomic E-state index is 11.0. The molecular weight excluding hydrogens is 246 g/mol. The van der Waals surface area contributed by atoms with Gasteiger partial charge in [-0.1, -0.05) is 13.5 Å². The standard InChI is InChI=1S/C6H9N3O4.C3H4O2/c1-2-3(10)9-5(12)7-4(11)8-6(9)13;1-2-3(4)5/h3,10H,2H2,1H3,(H2,7,8,11,12,13);2H,1H2,(H,4,5). The summed E-state index contributed by atoms with van der Waals surface area (Å²) in [5.74, 6) is -0.981. The molecule has 0 aliphatic rings. The fraction of sp³-hybridized carbons (Fsp3) is 0.333. The number of nitrogens with one attached hydrogen (secondary N) is 2. The van der Waals surface area contributed by atoms with Crippen LogP contribution in [0.4, 0.5) is 0 Å². The predicted molar refractivity (Wildman–Crippen MR) is 61.3 cm³/mol. The van der Waals surface area contributed by atoms with Crippen LogP contribution < -0.4 is 17.1 Å². The number of rotatable bonds is 3. The lowest BCUT2D eigenvalue weighted by atomic mass is 10.4. The first-order valence-corrected chi connectivity index (χ1v) is 4.82. The number of hydrogen-bond donors (Lipinski definition) is 4. The molecule has 0 amide bonds. The molecule has 0 radical (unpaired) electrons. The average molecular weight is 259 g/mol. The SMILES string of the molecule is C=CC(=O)O.CCC(O)n1c(=O)[nH]c(=O)[nH]c1=O. The third-order valence-corrected chi connectivity index (χ3v) is 1.72. The summed E-state index contributed by atoms with van der Waals surface area (Å²) in [6.07, 6.45) is -0.178. The Balaban J connectivity index is 0.000000494. The van der Waals surface area contributed by atoms with Crippen LogP contribution >= 0.6 is 0 Å². The molecule has 0 spiro atoms. The van der Waals surface area contributed by atoms with Gasteiger partial charge in [0.05, 0.1) is 0 Å². The van der Waals surface area contributed by atoms with Gasteiger partial charge in [0.2, 0.25) is 0 Å². The van der Waals surface area contributed by atoms with Crippen LogP contribution in [0, 0.1) is 0 Å². The van der Waals surface area contributed by atoms with E-state index in [4.69, 9.17) is 5.11 Å². The molecule has 1 unspecified atom stereocenters. The summed E-state index contributed by atoms with van der Waals surface area (Å²) in [4.78, 5) is 45.5. The molecule has 1 rings (SSSR count). The van der Waals surface area contributed by atoms with Gasteiger partial charge in [0, 0.05) is 6.08 Å². The van der Waals surface area contributed by atoms with Gasteiger partial charge in [-0.05, 0) is 6.42 Å². The van der Waals surface area contributed by atoms with Gasteiger partial charge in [-0.3, -0.25) is 9.97 Å². The molecule has 0 saturated carbocycles. The van der Waals surface area contributed by atoms with Gasteiger partial charge in [-0.15, -0.1) is 0 Å². The summed E-state index contributed by atoms with van der Waals surface area (Å²) < 4.78 is 0.543. The number of aliphatic hydroxyl groups is 1. The molecule has 18 heavy (non-hydrogen) atoms. The highest BCUT2D eigenvalue weighted by molar-refractivity contribution is 5.78. The van der Waals surface area contributed by atoms with E-state index in [0.29, 0.717) is 4.57 Å². The average Bonchev–Trinajstić information content (AvgIpc) is 2.28. The highest BCUT2D eigenvalue weighted by Gasteiger charge is 2.09. The van der Waals surface area contributed by atoms with Gasteiger partial charge >= 0.3 is 23.0 Å². The smallest absolute Gasteiger partial charge is 0.335 e. The van der Waals surface area contributed by atoms with Crippen LogP contribution in [0.3, 0.4) is 0 Å². The Morgan fingerprint density at radius 1 is 1.39 bits per heavy atom. The predicted octanol–water partition coefficient (Wildman–Crippen LogP) is -1.62. The van der Waals surface area contributed by atoms with E-state index < -0.39 is 29.3 Å². The Bertz CT molecular complexity index is 547. The number of carbonyl (C=O) groups is 1. The monoisotopic (exact) mass is 259 g/mol. The Labute approximate surface area is 100 Å². The van der Waals surface area contributed by atoms with Crippen molar-refractivity contribution >= 4 is 5.97 Å². The minimum absolute atomic E-state index is 0.203. The van der Waals surface area contributed by atoms with Crippen molar-refractivity contribution in [2.45, 2.75) is 19.6 Å². The lowest BCUT2D eigenvalue weighted by Gasteiger charge is -2.07. The number of aliphatic carboxylic acids is 1. The highest BCUT2D eigenvalue weighted by Crippen LogP contribution is 1.96. The molecule has 100 valence electrons. The zero-order chi connectivity index (χ0) is 14.3. The molecule has 1 aromatic rings. The van der Waals surface area contributed by atoms with E-state index >= 15 is 0 Å². The third-order valence-electron chi connectivity index (χ3n) is 1.72. The third kappa shape index (κ3) is 4.61. The van der Waals surface area contributed by atoms with E-state index in [2.05, 4.69) is 6.58 Å². The number of H-pyrrole nitrogens is 2. The second kappa shape index (κ2) is 7.01. The molecule has 0 bridgehead atoms. The van der Waals surface area contributed by atoms with E-state index in [0.717, 1.165) is 6.08 Å². The topological polar surface area (TPSA) is 145 Å². The maximum Gasteiger partial charge on any atom is 0.335 e. The first-order chi connectivity index (χ1) is 8.33. The Kier molecular flexibility index (Phi) is 6.07. The van der Waals surface area contributed by atoms with Crippen LogP contribution in [0.2, 0.25) is 0 Å². The molecule has 0 aromatic carbocycles. The summed E-state index contributed by atoms with van der Waals surface area (Å²) in [5, 5.41) is 16.8. The second-order valence-corrected chi connectivity index (χ2v) is 2.99. The van der Waals surface area contributed by atoms with Crippen molar-refractivity contribution in [3.63, 3.8) is 0 Å². The van der Waals surface area contributed by atoms with E-state index in [1.165, 1.54) is 0 Å². The fourth-order valence-electron chi connectivity index (χ4n) is 0.891. The quantitative estimate of drug-likeness (QED) is 0.480. The first kappa shape index (κ1) is 15.6. The van der Waals surface area contributed by atoms with Gasteiger partial charge in [-0.2, -0.15) is 0 Å². The van der Waals surface area contributed by atoms with Crippen LogP contribution in [0.25, 0.3) is 0 Å². The van der Waals surface area contributed by atoms with E-state index in [1.807, 2.05) is 9.97 Å². The normalized spacial score (nSPS) is 11.0. The highest BCUT2D eigenvalue weighted by atomic mass is 16.4. The van der Waals surface area contributed by atoms with Crippen molar-refractivity contribution in [1.82, 2.24) is 14.5 Å². The van der Waals surface area contributed by atoms with Gasteiger partial charge in [0.15, 0.2) is 0 Å². The number of aromatic nitrogens is 3. The summed E-state index contributed by atoms with van der Waals surface area (Å²) in [6, 6.07) is 0. The molecule has 1 atom stereocenters. The van der Waals surface area contributed by atoms with Crippen molar-refractivity contribution in [3.05, 3.63) is 44.1 Å². The summed E-state index contributed by atoms with van der Waals surface area (Å²) in [7, 11) is 0. The molecule has 0 aliphatic carbocycles. The van der Waals surface area contributed by atoms with E-state index in [9.17, 15) is 24.3 Å². The largest absolute Gasteiger partial charge is 0.478 e. The number of aliphatic hydroxyl groups excluding tert-OH is 1. The number of carboxylic acids is 1. The zero-order valence-electron chi connectivity index (χ0n) is 9.54. The van der Waals surface area contributed by atoms with Crippen molar-refractivity contribution in [1.29, 1.82) is 0 Å². The van der Waals surface area contributed by atoms with Crippen LogP contribution in [-0.4, -0.2) is 30.7 Å². The molecule has 1 heterocycles. The minimum atomic E-state index is -1.21. The number of carboxylic acid groups (broad SMARTS) is 1. The minimum Gasteiger partial charge on any atom is -0.478 e. The van der Waals surface area contributed by atoms with Crippen molar-refractivity contribution in [2.75, 3.05) is 0 Å². The van der Waals surface area contributed by atoms with Gasteiger partial charge < -0.3 is 10.2 Å². The molecule has 9 heteroatoms. The molecule has 0 saturated heterocycles. The van der Waals surface area contributed by atoms with E-state index in [1.54, 1.807) is 6.92 Å². The molecule has 9 nitrogen and oxygen atoms in total. The second-order valence-electron chi connectivity index (χ2n) is 2.99. The summed E-state index contributed by atoms with van der Waals surface area (Å²) in [6.45, 7) is 4.56. The van der Waals surface area contributed by atoms with Crippen LogP contribution in [0.15, 0.2) is 27.0 Å². The summed E-state index contributed by atoms with van der Waals surface area (Å²) >= 11 is 0. The zero-order valence-corrected chi connectivity index (χ0v) is 9.54. The Morgan fingerprint density at radius 2 is 1.78 bits per heavy atom. The van der Waals surface area contributed by atoms with Crippen LogP contribution in [0.5, 0.6) is 0 Å². The molecular formula is C9H13N3O6. The molecule has 4 N–H and O–H groups in total. The Hall–Kier alpha value is -2.42. The number of hydrogen-bond acceptors (Lipinski definition) is 5. The van der Waals surface area contributed by atoms with Crippen molar-refractivity contribution in [3.8, 4) is 0 Å². The first-order valence-electron chi connectivity index (χ1n) is 4.82. The van der Waals surface area contributed by atoms with Gasteiger partial charge in [0.25, 0.3) is 0 Å². The fourth-order valence-corrected chi connectivity index (χ4v) is 0.891. The molecule has 0 fully saturated rings. The number of aromatic amines is 2. The lowest BCUT2D eigenvalue weighted by molar-refractivity contribution is -0.131. The Morgan fingerprint density at radius 3 is 2.06 bits per heavy atom. The lowest BCUT2D eigenvalue weighted by Crippen LogP contribution is -2.45. The van der Waals surface area contributed by atoms with E-state index in [-0.39, 0.29) is 6.42 Å². The summed E-state index contributed by atoms with van der Waals surface area (Å²) in [5.41, 5.74) is -2.71. The van der Waals surface area contributed by atoms with Crippen molar-refractivity contribution < 1.29 is 15.0 Å². The van der Waals surface area contributed by atoms with Crippen LogP contribution in [0.1, 0.15) is 19.6 Å². The number of nitrogens with zero attached hydrogens (tertiary/aromatic N) is 1.